The Hall–Kier alpha value is -2.11. The first kappa shape index (κ1) is 19.6. The van der Waals surface area contributed by atoms with Crippen LogP contribution in [-0.2, 0) is 11.2 Å². The summed E-state index contributed by atoms with van der Waals surface area (Å²) in [5.74, 6) is 0.0442. The Kier molecular flexibility index (Phi) is 6.34. The van der Waals surface area contributed by atoms with E-state index in [1.54, 1.807) is 12.3 Å². The van der Waals surface area contributed by atoms with Gasteiger partial charge in [0.1, 0.15) is 5.60 Å². The fourth-order valence-electron chi connectivity index (χ4n) is 3.96. The van der Waals surface area contributed by atoms with Gasteiger partial charge in [-0.25, -0.2) is 4.79 Å². The second kappa shape index (κ2) is 8.72. The van der Waals surface area contributed by atoms with Crippen molar-refractivity contribution in [2.75, 3.05) is 26.2 Å². The molecule has 2 saturated heterocycles. The van der Waals surface area contributed by atoms with E-state index in [9.17, 15) is 9.59 Å². The molecule has 0 N–H and O–H groups in total. The number of carbonyl (C=O) groups is 2. The first-order valence-electron chi connectivity index (χ1n) is 10.3. The Labute approximate surface area is 161 Å². The van der Waals surface area contributed by atoms with Gasteiger partial charge in [-0.15, -0.1) is 0 Å². The zero-order chi connectivity index (χ0) is 19.3. The van der Waals surface area contributed by atoms with Crippen molar-refractivity contribution in [3.05, 3.63) is 29.6 Å². The van der Waals surface area contributed by atoms with E-state index in [-0.39, 0.29) is 12.0 Å². The normalized spacial score (nSPS) is 18.8. The lowest BCUT2D eigenvalue weighted by atomic mass is 9.91. The monoisotopic (exact) mass is 373 g/mol. The molecular formula is C21H31N3O3. The van der Waals surface area contributed by atoms with Gasteiger partial charge in [-0.05, 0) is 25.0 Å². The van der Waals surface area contributed by atoms with Crippen LogP contribution in [0.25, 0.3) is 0 Å². The summed E-state index contributed by atoms with van der Waals surface area (Å²) in [6.07, 6.45) is 8.33. The first-order valence-corrected chi connectivity index (χ1v) is 10.3. The highest BCUT2D eigenvalue weighted by Crippen LogP contribution is 2.33. The molecule has 2 fully saturated rings. The summed E-state index contributed by atoms with van der Waals surface area (Å²) < 4.78 is 5.77. The molecule has 0 aromatic carbocycles. The lowest BCUT2D eigenvalue weighted by Gasteiger charge is -2.37. The van der Waals surface area contributed by atoms with Gasteiger partial charge >= 0.3 is 6.09 Å². The number of unbranched alkanes of at least 4 members (excludes halogenated alkanes) is 3. The Balaban J connectivity index is 1.53. The molecular weight excluding hydrogens is 342 g/mol. The maximum absolute atomic E-state index is 12.8. The third kappa shape index (κ3) is 4.60. The van der Waals surface area contributed by atoms with Crippen molar-refractivity contribution in [3.63, 3.8) is 0 Å². The largest absolute Gasteiger partial charge is 0.441 e. The van der Waals surface area contributed by atoms with Crippen LogP contribution in [0.4, 0.5) is 4.79 Å². The number of rotatable bonds is 7. The standard InChI is InChI=1S/C21H31N3O3/c1-3-5-6-7-12-24-16-21(27-20(24)26)9-13-23(14-10-21)19(25)17-8-11-22-18(4-2)15-17/h8,11,15H,3-7,9-10,12-14,16H2,1-2H3. The minimum absolute atomic E-state index is 0.0442. The van der Waals surface area contributed by atoms with Crippen LogP contribution >= 0.6 is 0 Å². The predicted octanol–water partition coefficient (Wildman–Crippen LogP) is 3.65. The molecule has 0 radical (unpaired) electrons. The third-order valence-corrected chi connectivity index (χ3v) is 5.71. The van der Waals surface area contributed by atoms with E-state index >= 15 is 0 Å². The number of hydrogen-bond donors (Lipinski definition) is 0. The number of nitrogens with zero attached hydrogens (tertiary/aromatic N) is 3. The highest BCUT2D eigenvalue weighted by Gasteiger charge is 2.47. The first-order chi connectivity index (χ1) is 13.1. The fraction of sp³-hybridized carbons (Fsp3) is 0.667. The summed E-state index contributed by atoms with van der Waals surface area (Å²) in [7, 11) is 0. The molecule has 2 aliphatic heterocycles. The quantitative estimate of drug-likeness (QED) is 0.685. The summed E-state index contributed by atoms with van der Waals surface area (Å²) in [5, 5.41) is 0. The van der Waals surface area contributed by atoms with Crippen molar-refractivity contribution in [2.24, 2.45) is 0 Å². The van der Waals surface area contributed by atoms with Crippen LogP contribution in [0.15, 0.2) is 18.3 Å². The summed E-state index contributed by atoms with van der Waals surface area (Å²) in [5.41, 5.74) is 1.21. The second-order valence-corrected chi connectivity index (χ2v) is 7.71. The summed E-state index contributed by atoms with van der Waals surface area (Å²) in [6.45, 7) is 6.90. The number of amides is 2. The van der Waals surface area contributed by atoms with Crippen molar-refractivity contribution in [2.45, 2.75) is 64.4 Å². The maximum Gasteiger partial charge on any atom is 0.410 e. The van der Waals surface area contributed by atoms with Crippen molar-refractivity contribution in [1.82, 2.24) is 14.8 Å². The van der Waals surface area contributed by atoms with Crippen LogP contribution in [0.1, 0.15) is 68.4 Å². The molecule has 6 nitrogen and oxygen atoms in total. The molecule has 1 spiro atoms. The highest BCUT2D eigenvalue weighted by atomic mass is 16.6. The highest BCUT2D eigenvalue weighted by molar-refractivity contribution is 5.94. The molecule has 0 atom stereocenters. The van der Waals surface area contributed by atoms with Crippen molar-refractivity contribution in [1.29, 1.82) is 0 Å². The second-order valence-electron chi connectivity index (χ2n) is 7.71. The van der Waals surface area contributed by atoms with Gasteiger partial charge in [-0.2, -0.15) is 0 Å². The summed E-state index contributed by atoms with van der Waals surface area (Å²) in [4.78, 5) is 33.0. The number of piperidine rings is 1. The number of hydrogen-bond acceptors (Lipinski definition) is 4. The molecule has 27 heavy (non-hydrogen) atoms. The number of aromatic nitrogens is 1. The minimum Gasteiger partial charge on any atom is -0.441 e. The average molecular weight is 373 g/mol. The molecule has 0 bridgehead atoms. The Bertz CT molecular complexity index is 668. The molecule has 1 aromatic heterocycles. The SMILES string of the molecule is CCCCCCN1CC2(CCN(C(=O)c3ccnc(CC)c3)CC2)OC1=O. The van der Waals surface area contributed by atoms with E-state index in [0.717, 1.165) is 31.5 Å². The lowest BCUT2D eigenvalue weighted by molar-refractivity contribution is 0.00313. The molecule has 2 amide bonds. The number of pyridine rings is 1. The smallest absolute Gasteiger partial charge is 0.410 e. The average Bonchev–Trinajstić information content (AvgIpc) is 3.00. The number of ether oxygens (including phenoxy) is 1. The third-order valence-electron chi connectivity index (χ3n) is 5.71. The summed E-state index contributed by atoms with van der Waals surface area (Å²) >= 11 is 0. The van der Waals surface area contributed by atoms with E-state index in [1.807, 2.05) is 22.8 Å². The summed E-state index contributed by atoms with van der Waals surface area (Å²) in [6, 6.07) is 3.65. The van der Waals surface area contributed by atoms with Crippen LogP contribution < -0.4 is 0 Å². The Morgan fingerprint density at radius 2 is 2.00 bits per heavy atom. The van der Waals surface area contributed by atoms with Gasteiger partial charge in [0.15, 0.2) is 0 Å². The molecule has 3 rings (SSSR count). The predicted molar refractivity (Wildman–Crippen MR) is 104 cm³/mol. The Morgan fingerprint density at radius 1 is 1.22 bits per heavy atom. The van der Waals surface area contributed by atoms with E-state index in [2.05, 4.69) is 11.9 Å². The van der Waals surface area contributed by atoms with Crippen molar-refractivity contribution in [3.8, 4) is 0 Å². The van der Waals surface area contributed by atoms with E-state index in [0.29, 0.717) is 38.0 Å². The van der Waals surface area contributed by atoms with Crippen LogP contribution in [-0.4, -0.2) is 58.6 Å². The zero-order valence-corrected chi connectivity index (χ0v) is 16.6. The van der Waals surface area contributed by atoms with E-state index in [1.165, 1.54) is 12.8 Å². The molecule has 148 valence electrons. The molecule has 1 aromatic rings. The van der Waals surface area contributed by atoms with Gasteiger partial charge in [0.2, 0.25) is 0 Å². The van der Waals surface area contributed by atoms with Crippen molar-refractivity contribution >= 4 is 12.0 Å². The van der Waals surface area contributed by atoms with Crippen LogP contribution in [0, 0.1) is 0 Å². The van der Waals surface area contributed by atoms with Crippen LogP contribution in [0.2, 0.25) is 0 Å². The fourth-order valence-corrected chi connectivity index (χ4v) is 3.96. The molecule has 0 saturated carbocycles. The topological polar surface area (TPSA) is 62.7 Å². The molecule has 0 aliphatic carbocycles. The Morgan fingerprint density at radius 3 is 2.70 bits per heavy atom. The zero-order valence-electron chi connectivity index (χ0n) is 16.6. The van der Waals surface area contributed by atoms with Crippen LogP contribution in [0.3, 0.4) is 0 Å². The number of carbonyl (C=O) groups excluding carboxylic acids is 2. The van der Waals surface area contributed by atoms with Gasteiger partial charge in [0.05, 0.1) is 6.54 Å². The molecule has 2 aliphatic rings. The van der Waals surface area contributed by atoms with Gasteiger partial charge < -0.3 is 14.5 Å². The van der Waals surface area contributed by atoms with Gasteiger partial charge in [0.25, 0.3) is 5.91 Å². The van der Waals surface area contributed by atoms with Crippen LogP contribution in [0.5, 0.6) is 0 Å². The van der Waals surface area contributed by atoms with E-state index < -0.39 is 5.60 Å². The number of aryl methyl sites for hydroxylation is 1. The minimum atomic E-state index is -0.411. The van der Waals surface area contributed by atoms with E-state index in [4.69, 9.17) is 4.74 Å². The van der Waals surface area contributed by atoms with Crippen molar-refractivity contribution < 1.29 is 14.3 Å². The number of likely N-dealkylation sites (tertiary alicyclic amines) is 1. The van der Waals surface area contributed by atoms with Gasteiger partial charge in [-0.1, -0.05) is 33.1 Å². The lowest BCUT2D eigenvalue weighted by Crippen LogP contribution is -2.48. The molecule has 6 heteroatoms. The molecule has 3 heterocycles. The van der Waals surface area contributed by atoms with Gasteiger partial charge in [-0.3, -0.25) is 9.78 Å². The maximum atomic E-state index is 12.8. The van der Waals surface area contributed by atoms with Gasteiger partial charge in [0, 0.05) is 49.9 Å². The molecule has 0 unspecified atom stereocenters.